The highest BCUT2D eigenvalue weighted by molar-refractivity contribution is 9.09. The molecule has 3 heteroatoms. The van der Waals surface area contributed by atoms with Gasteiger partial charge in [-0.2, -0.15) is 0 Å². The number of aliphatic hydroxyl groups is 1. The summed E-state index contributed by atoms with van der Waals surface area (Å²) in [5, 5.41) is 10.3. The van der Waals surface area contributed by atoms with Crippen LogP contribution in [0.1, 0.15) is 38.0 Å². The molecule has 1 aromatic rings. The summed E-state index contributed by atoms with van der Waals surface area (Å²) in [6, 6.07) is 6.04. The van der Waals surface area contributed by atoms with Crippen LogP contribution >= 0.6 is 15.9 Å². The standard InChI is InChI=1S/C13H17BrO2/c1-4-8-5-6-10-9(7-8)11(15)12(14)13(2,3)16-10/h5-7,11-12,15H,4H2,1-3H3/t11-,12+/m0/s1. The molecule has 2 atom stereocenters. The average molecular weight is 285 g/mol. The van der Waals surface area contributed by atoms with E-state index in [4.69, 9.17) is 4.74 Å². The van der Waals surface area contributed by atoms with Crippen molar-refractivity contribution in [3.05, 3.63) is 29.3 Å². The Labute approximate surface area is 105 Å². The molecule has 1 N–H and O–H groups in total. The van der Waals surface area contributed by atoms with Crippen LogP contribution in [0.5, 0.6) is 5.75 Å². The molecular weight excluding hydrogens is 268 g/mol. The molecule has 0 fully saturated rings. The fourth-order valence-electron chi connectivity index (χ4n) is 2.02. The zero-order valence-electron chi connectivity index (χ0n) is 9.83. The molecule has 1 aliphatic rings. The van der Waals surface area contributed by atoms with Crippen molar-refractivity contribution in [2.75, 3.05) is 0 Å². The van der Waals surface area contributed by atoms with Gasteiger partial charge in [-0.25, -0.2) is 0 Å². The zero-order chi connectivity index (χ0) is 11.9. The average Bonchev–Trinajstić information content (AvgIpc) is 2.25. The molecule has 16 heavy (non-hydrogen) atoms. The smallest absolute Gasteiger partial charge is 0.126 e. The van der Waals surface area contributed by atoms with Gasteiger partial charge in [0.2, 0.25) is 0 Å². The largest absolute Gasteiger partial charge is 0.486 e. The minimum atomic E-state index is -0.509. The number of ether oxygens (including phenoxy) is 1. The van der Waals surface area contributed by atoms with Crippen molar-refractivity contribution in [2.24, 2.45) is 0 Å². The summed E-state index contributed by atoms with van der Waals surface area (Å²) in [6.45, 7) is 6.06. The fraction of sp³-hybridized carbons (Fsp3) is 0.538. The highest BCUT2D eigenvalue weighted by Gasteiger charge is 2.41. The van der Waals surface area contributed by atoms with Crippen molar-refractivity contribution in [1.82, 2.24) is 0 Å². The molecule has 0 radical (unpaired) electrons. The fourth-order valence-corrected chi connectivity index (χ4v) is 2.40. The minimum absolute atomic E-state index is 0.0837. The predicted molar refractivity (Wildman–Crippen MR) is 68.2 cm³/mol. The van der Waals surface area contributed by atoms with E-state index in [-0.39, 0.29) is 10.4 Å². The Morgan fingerprint density at radius 2 is 2.12 bits per heavy atom. The van der Waals surface area contributed by atoms with Crippen LogP contribution < -0.4 is 4.74 Å². The topological polar surface area (TPSA) is 29.5 Å². The SMILES string of the molecule is CCc1ccc2c(c1)[C@H](O)[C@@H](Br)C(C)(C)O2. The number of benzene rings is 1. The lowest BCUT2D eigenvalue weighted by Gasteiger charge is -2.40. The molecular formula is C13H17BrO2. The van der Waals surface area contributed by atoms with Gasteiger partial charge >= 0.3 is 0 Å². The molecule has 1 aliphatic heterocycles. The first-order valence-electron chi connectivity index (χ1n) is 5.59. The van der Waals surface area contributed by atoms with E-state index in [2.05, 4.69) is 28.9 Å². The van der Waals surface area contributed by atoms with Gasteiger partial charge < -0.3 is 9.84 Å². The maximum atomic E-state index is 10.3. The summed E-state index contributed by atoms with van der Waals surface area (Å²) in [6.07, 6.45) is 0.460. The Kier molecular flexibility index (Phi) is 3.01. The summed E-state index contributed by atoms with van der Waals surface area (Å²) in [5.74, 6) is 0.797. The van der Waals surface area contributed by atoms with E-state index in [1.54, 1.807) is 0 Å². The second kappa shape index (κ2) is 4.04. The lowest BCUT2D eigenvalue weighted by molar-refractivity contribution is 0.0225. The number of alkyl halides is 1. The molecule has 0 spiro atoms. The summed E-state index contributed by atoms with van der Waals surface area (Å²) in [7, 11) is 0. The first-order chi connectivity index (χ1) is 7.45. The number of hydrogen-bond acceptors (Lipinski definition) is 2. The number of rotatable bonds is 1. The van der Waals surface area contributed by atoms with Gasteiger partial charge in [-0.1, -0.05) is 28.9 Å². The zero-order valence-corrected chi connectivity index (χ0v) is 11.4. The van der Waals surface area contributed by atoms with Crippen LogP contribution in [0.3, 0.4) is 0 Å². The first-order valence-corrected chi connectivity index (χ1v) is 6.51. The van der Waals surface area contributed by atoms with Gasteiger partial charge in [-0.15, -0.1) is 0 Å². The number of halogens is 1. The molecule has 0 bridgehead atoms. The summed E-state index contributed by atoms with van der Waals surface area (Å²) in [4.78, 5) is -0.0837. The molecule has 0 amide bonds. The Balaban J connectivity index is 2.47. The summed E-state index contributed by atoms with van der Waals surface area (Å²) in [5.41, 5.74) is 1.72. The Morgan fingerprint density at radius 1 is 1.44 bits per heavy atom. The van der Waals surface area contributed by atoms with E-state index in [1.165, 1.54) is 5.56 Å². The van der Waals surface area contributed by atoms with Gasteiger partial charge in [0.05, 0.1) is 10.9 Å². The van der Waals surface area contributed by atoms with E-state index >= 15 is 0 Å². The molecule has 1 heterocycles. The molecule has 0 saturated heterocycles. The highest BCUT2D eigenvalue weighted by atomic mass is 79.9. The van der Waals surface area contributed by atoms with Gasteiger partial charge in [-0.3, -0.25) is 0 Å². The Bertz CT molecular complexity index is 401. The van der Waals surface area contributed by atoms with Crippen molar-refractivity contribution in [3.8, 4) is 5.75 Å². The predicted octanol–water partition coefficient (Wildman–Crippen LogP) is 3.22. The van der Waals surface area contributed by atoms with E-state index in [9.17, 15) is 5.11 Å². The van der Waals surface area contributed by atoms with Crippen molar-refractivity contribution in [2.45, 2.75) is 43.7 Å². The van der Waals surface area contributed by atoms with Crippen molar-refractivity contribution in [1.29, 1.82) is 0 Å². The van der Waals surface area contributed by atoms with E-state index in [0.29, 0.717) is 0 Å². The lowest BCUT2D eigenvalue weighted by atomic mass is 9.90. The second-order valence-electron chi connectivity index (χ2n) is 4.78. The Hall–Kier alpha value is -0.540. The third-order valence-corrected chi connectivity index (χ3v) is 4.72. The van der Waals surface area contributed by atoms with Gasteiger partial charge in [0.1, 0.15) is 11.4 Å². The molecule has 0 aromatic heterocycles. The van der Waals surface area contributed by atoms with Crippen LogP contribution in [-0.2, 0) is 6.42 Å². The number of fused-ring (bicyclic) bond motifs is 1. The van der Waals surface area contributed by atoms with E-state index in [0.717, 1.165) is 17.7 Å². The van der Waals surface area contributed by atoms with Gasteiger partial charge in [0.25, 0.3) is 0 Å². The maximum Gasteiger partial charge on any atom is 0.126 e. The van der Waals surface area contributed by atoms with Crippen molar-refractivity contribution < 1.29 is 9.84 Å². The van der Waals surface area contributed by atoms with Crippen LogP contribution in [0.25, 0.3) is 0 Å². The van der Waals surface area contributed by atoms with E-state index < -0.39 is 6.10 Å². The van der Waals surface area contributed by atoms with Crippen molar-refractivity contribution >= 4 is 15.9 Å². The highest BCUT2D eigenvalue weighted by Crippen LogP contribution is 2.43. The molecule has 2 nitrogen and oxygen atoms in total. The van der Waals surface area contributed by atoms with Crippen LogP contribution in [0.2, 0.25) is 0 Å². The van der Waals surface area contributed by atoms with Crippen LogP contribution in [-0.4, -0.2) is 15.5 Å². The number of aryl methyl sites for hydroxylation is 1. The molecule has 0 saturated carbocycles. The van der Waals surface area contributed by atoms with E-state index in [1.807, 2.05) is 26.0 Å². The van der Waals surface area contributed by atoms with Crippen LogP contribution in [0.15, 0.2) is 18.2 Å². The quantitative estimate of drug-likeness (QED) is 0.803. The molecule has 0 unspecified atom stereocenters. The monoisotopic (exact) mass is 284 g/mol. The third kappa shape index (κ3) is 1.87. The number of hydrogen-bond donors (Lipinski definition) is 1. The van der Waals surface area contributed by atoms with Gasteiger partial charge in [0, 0.05) is 5.56 Å². The van der Waals surface area contributed by atoms with Crippen LogP contribution in [0.4, 0.5) is 0 Å². The third-order valence-electron chi connectivity index (χ3n) is 3.12. The van der Waals surface area contributed by atoms with Gasteiger partial charge in [0.15, 0.2) is 0 Å². The first kappa shape index (κ1) is 11.9. The molecule has 1 aromatic carbocycles. The second-order valence-corrected chi connectivity index (χ2v) is 5.76. The molecule has 88 valence electrons. The number of aliphatic hydroxyl groups excluding tert-OH is 1. The Morgan fingerprint density at radius 3 is 2.75 bits per heavy atom. The van der Waals surface area contributed by atoms with Gasteiger partial charge in [-0.05, 0) is 38.0 Å². The van der Waals surface area contributed by atoms with Crippen molar-refractivity contribution in [3.63, 3.8) is 0 Å². The normalized spacial score (nSPS) is 27.1. The summed E-state index contributed by atoms with van der Waals surface area (Å²) >= 11 is 3.52. The molecule has 2 rings (SSSR count). The minimum Gasteiger partial charge on any atom is -0.486 e. The molecule has 0 aliphatic carbocycles. The maximum absolute atomic E-state index is 10.3. The lowest BCUT2D eigenvalue weighted by Crippen LogP contribution is -2.45. The summed E-state index contributed by atoms with van der Waals surface area (Å²) < 4.78 is 5.89. The van der Waals surface area contributed by atoms with Crippen LogP contribution in [0, 0.1) is 0 Å².